The van der Waals surface area contributed by atoms with Crippen molar-refractivity contribution in [3.8, 4) is 23.5 Å². The second kappa shape index (κ2) is 10.0. The zero-order valence-electron chi connectivity index (χ0n) is 26.3. The Morgan fingerprint density at radius 2 is 0.820 bits per heavy atom. The maximum absolute atomic E-state index is 10.8. The molecule has 11 rings (SSSR count). The Labute approximate surface area is 293 Å². The van der Waals surface area contributed by atoms with E-state index in [1.165, 1.54) is 40.3 Å². The third-order valence-electron chi connectivity index (χ3n) is 10.2. The monoisotopic (exact) mass is 670 g/mol. The van der Waals surface area contributed by atoms with E-state index in [-0.39, 0.29) is 0 Å². The van der Waals surface area contributed by atoms with Gasteiger partial charge in [-0.1, -0.05) is 72.8 Å². The second-order valence-electron chi connectivity index (χ2n) is 12.7. The van der Waals surface area contributed by atoms with Crippen LogP contribution in [-0.4, -0.2) is 9.13 Å². The summed E-state index contributed by atoms with van der Waals surface area (Å²) in [7, 11) is 0. The van der Waals surface area contributed by atoms with E-state index < -0.39 is 0 Å². The fraction of sp³-hybridized carbons (Fsp3) is 0. The molecule has 6 heteroatoms. The highest BCUT2D eigenvalue weighted by molar-refractivity contribution is 7.26. The summed E-state index contributed by atoms with van der Waals surface area (Å²) in [5.41, 5.74) is 6.34. The van der Waals surface area contributed by atoms with Crippen LogP contribution >= 0.6 is 22.7 Å². The minimum Gasteiger partial charge on any atom is -0.309 e. The van der Waals surface area contributed by atoms with Crippen molar-refractivity contribution in [1.29, 1.82) is 10.5 Å². The molecule has 0 unspecified atom stereocenters. The average molecular weight is 671 g/mol. The van der Waals surface area contributed by atoms with Crippen LogP contribution in [0.4, 0.5) is 0 Å². The van der Waals surface area contributed by atoms with Crippen molar-refractivity contribution in [2.45, 2.75) is 0 Å². The molecule has 7 aromatic carbocycles. The van der Waals surface area contributed by atoms with Crippen LogP contribution in [0.3, 0.4) is 0 Å². The molecule has 4 aromatic heterocycles. The van der Waals surface area contributed by atoms with Crippen molar-refractivity contribution in [1.82, 2.24) is 9.13 Å². The molecule has 0 bridgehead atoms. The number of nitrogens with zero attached hydrogens (tertiary/aromatic N) is 4. The van der Waals surface area contributed by atoms with Crippen LogP contribution in [0, 0.1) is 22.7 Å². The van der Waals surface area contributed by atoms with E-state index in [9.17, 15) is 10.5 Å². The van der Waals surface area contributed by atoms with E-state index in [4.69, 9.17) is 0 Å². The van der Waals surface area contributed by atoms with Gasteiger partial charge in [0, 0.05) is 67.6 Å². The molecule has 0 aliphatic carbocycles. The minimum atomic E-state index is 0.451. The number of fused-ring (bicyclic) bond motifs is 12. The van der Waals surface area contributed by atoms with Gasteiger partial charge in [-0.25, -0.2) is 0 Å². The molecular formula is C44H22N4S2. The van der Waals surface area contributed by atoms with Gasteiger partial charge in [-0.2, -0.15) is 10.5 Å². The Morgan fingerprint density at radius 1 is 0.380 bits per heavy atom. The predicted octanol–water partition coefficient (Wildman–Crippen LogP) is 12.4. The number of para-hydroxylation sites is 2. The van der Waals surface area contributed by atoms with Gasteiger partial charge in [-0.3, -0.25) is 0 Å². The fourth-order valence-corrected chi connectivity index (χ4v) is 10.3. The first-order valence-electron chi connectivity index (χ1n) is 16.4. The maximum atomic E-state index is 10.8. The zero-order chi connectivity index (χ0) is 33.1. The lowest BCUT2D eigenvalue weighted by Crippen LogP contribution is -2.04. The first-order chi connectivity index (χ1) is 24.7. The average Bonchev–Trinajstić information content (AvgIpc) is 3.89. The summed E-state index contributed by atoms with van der Waals surface area (Å²) in [5, 5.41) is 31.1. The topological polar surface area (TPSA) is 57.4 Å². The fourth-order valence-electron chi connectivity index (χ4n) is 8.05. The van der Waals surface area contributed by atoms with Gasteiger partial charge in [0.15, 0.2) is 0 Å². The Balaban J connectivity index is 1.22. The van der Waals surface area contributed by atoms with Gasteiger partial charge in [0.05, 0.1) is 38.9 Å². The van der Waals surface area contributed by atoms with E-state index in [0.717, 1.165) is 49.3 Å². The zero-order valence-corrected chi connectivity index (χ0v) is 27.9. The normalized spacial score (nSPS) is 12.0. The van der Waals surface area contributed by atoms with Gasteiger partial charge in [0.1, 0.15) is 12.1 Å². The molecular weight excluding hydrogens is 649 g/mol. The molecule has 0 saturated heterocycles. The molecule has 0 spiro atoms. The summed E-state index contributed by atoms with van der Waals surface area (Å²) in [5.74, 6) is 0. The van der Waals surface area contributed by atoms with Gasteiger partial charge < -0.3 is 9.13 Å². The van der Waals surface area contributed by atoms with E-state index >= 15 is 0 Å². The smallest absolute Gasteiger partial charge is 0.101 e. The van der Waals surface area contributed by atoms with Gasteiger partial charge in [-0.05, 0) is 60.7 Å². The van der Waals surface area contributed by atoms with Crippen molar-refractivity contribution < 1.29 is 0 Å². The SMILES string of the molecule is N#Cc1cc(-n2c3ccccc3c3cc4c(cc32)sc2ccccc24)cc(C#N)c1-n1c2ccccc2c2cc3c(cc21)sc1ccccc13. The molecule has 4 nitrogen and oxygen atoms in total. The molecule has 0 N–H and O–H groups in total. The van der Waals surface area contributed by atoms with Crippen molar-refractivity contribution >= 4 is 107 Å². The summed E-state index contributed by atoms with van der Waals surface area (Å²) in [6.45, 7) is 0. The first kappa shape index (κ1) is 27.5. The molecule has 0 aliphatic heterocycles. The number of benzene rings is 7. The number of rotatable bonds is 2. The van der Waals surface area contributed by atoms with E-state index in [0.29, 0.717) is 16.8 Å². The summed E-state index contributed by atoms with van der Waals surface area (Å²) < 4.78 is 9.22. The number of nitriles is 2. The standard InChI is InChI=1S/C44H22N4S2/c45-23-25-17-27(47-36-13-5-1-9-28(36)32-19-34-30-11-3-7-15-40(30)49-42(34)21-38(32)47)18-26(24-46)44(25)48-37-14-6-2-10-29(37)33-20-35-31-12-4-8-16-41(31)50-43(35)22-39(33)48/h1-22H. The minimum absolute atomic E-state index is 0.451. The van der Waals surface area contributed by atoms with Crippen LogP contribution in [0.1, 0.15) is 11.1 Å². The Hall–Kier alpha value is -6.44. The summed E-state index contributed by atoms with van der Waals surface area (Å²) in [6, 6.07) is 51.8. The van der Waals surface area contributed by atoms with Gasteiger partial charge in [0.2, 0.25) is 0 Å². The molecule has 0 atom stereocenters. The Morgan fingerprint density at radius 3 is 1.34 bits per heavy atom. The second-order valence-corrected chi connectivity index (χ2v) is 14.9. The third kappa shape index (κ3) is 3.61. The van der Waals surface area contributed by atoms with E-state index in [2.05, 4.69) is 130 Å². The number of aromatic nitrogens is 2. The summed E-state index contributed by atoms with van der Waals surface area (Å²) in [4.78, 5) is 0. The highest BCUT2D eigenvalue weighted by Crippen LogP contribution is 2.43. The van der Waals surface area contributed by atoms with Crippen LogP contribution in [0.15, 0.2) is 133 Å². The highest BCUT2D eigenvalue weighted by atomic mass is 32.1. The first-order valence-corrected chi connectivity index (χ1v) is 18.0. The predicted molar refractivity (Wildman–Crippen MR) is 210 cm³/mol. The van der Waals surface area contributed by atoms with Crippen molar-refractivity contribution in [3.05, 3.63) is 145 Å². The third-order valence-corrected chi connectivity index (χ3v) is 12.4. The highest BCUT2D eigenvalue weighted by Gasteiger charge is 2.23. The molecule has 11 aromatic rings. The van der Waals surface area contributed by atoms with E-state index in [1.54, 1.807) is 22.7 Å². The maximum Gasteiger partial charge on any atom is 0.101 e. The molecule has 0 amide bonds. The molecule has 230 valence electrons. The van der Waals surface area contributed by atoms with Crippen molar-refractivity contribution in [3.63, 3.8) is 0 Å². The molecule has 0 saturated carbocycles. The van der Waals surface area contributed by atoms with Crippen molar-refractivity contribution in [2.75, 3.05) is 0 Å². The van der Waals surface area contributed by atoms with Gasteiger partial charge in [-0.15, -0.1) is 22.7 Å². The molecule has 4 heterocycles. The largest absolute Gasteiger partial charge is 0.309 e. The lowest BCUT2D eigenvalue weighted by molar-refractivity contribution is 1.12. The molecule has 0 radical (unpaired) electrons. The number of thiophene rings is 2. The summed E-state index contributed by atoms with van der Waals surface area (Å²) in [6.07, 6.45) is 0. The van der Waals surface area contributed by atoms with Crippen LogP contribution < -0.4 is 0 Å². The number of hydrogen-bond acceptors (Lipinski definition) is 4. The van der Waals surface area contributed by atoms with E-state index in [1.807, 2.05) is 24.3 Å². The number of hydrogen-bond donors (Lipinski definition) is 0. The molecule has 0 aliphatic rings. The van der Waals surface area contributed by atoms with Crippen LogP contribution in [0.25, 0.3) is 95.3 Å². The van der Waals surface area contributed by atoms with Crippen LogP contribution in [-0.2, 0) is 0 Å². The summed E-state index contributed by atoms with van der Waals surface area (Å²) >= 11 is 3.56. The Kier molecular flexibility index (Phi) is 5.52. The van der Waals surface area contributed by atoms with Crippen LogP contribution in [0.5, 0.6) is 0 Å². The molecule has 50 heavy (non-hydrogen) atoms. The molecule has 0 fully saturated rings. The lowest BCUT2D eigenvalue weighted by Gasteiger charge is -2.15. The quantitative estimate of drug-likeness (QED) is 0.184. The van der Waals surface area contributed by atoms with Gasteiger partial charge >= 0.3 is 0 Å². The van der Waals surface area contributed by atoms with Crippen LogP contribution in [0.2, 0.25) is 0 Å². The van der Waals surface area contributed by atoms with Crippen molar-refractivity contribution in [2.24, 2.45) is 0 Å². The van der Waals surface area contributed by atoms with Gasteiger partial charge in [0.25, 0.3) is 0 Å². The Bertz CT molecular complexity index is 3320. The lowest BCUT2D eigenvalue weighted by atomic mass is 10.1.